The van der Waals surface area contributed by atoms with Gasteiger partial charge < -0.3 is 20.1 Å². The maximum atomic E-state index is 14.7. The van der Waals surface area contributed by atoms with Gasteiger partial charge in [-0.1, -0.05) is 6.07 Å². The highest BCUT2D eigenvalue weighted by molar-refractivity contribution is 6.05. The zero-order valence-electron chi connectivity index (χ0n) is 14.5. The molecular weight excluding hydrogens is 323 g/mol. The van der Waals surface area contributed by atoms with Crippen molar-refractivity contribution in [3.05, 3.63) is 52.3 Å². The molecule has 0 unspecified atom stereocenters. The van der Waals surface area contributed by atoms with E-state index >= 15 is 0 Å². The molecule has 1 aliphatic heterocycles. The molecule has 132 valence electrons. The number of fused-ring (bicyclic) bond motifs is 1. The van der Waals surface area contributed by atoms with Crippen molar-refractivity contribution in [2.75, 3.05) is 26.1 Å². The number of carbonyl (C=O) groups excluding carboxylic acids is 1. The van der Waals surface area contributed by atoms with Gasteiger partial charge in [0.05, 0.1) is 19.9 Å². The summed E-state index contributed by atoms with van der Waals surface area (Å²) in [6.45, 7) is 3.18. The minimum atomic E-state index is -0.383. The maximum absolute atomic E-state index is 14.7. The van der Waals surface area contributed by atoms with Crippen LogP contribution in [0.25, 0.3) is 0 Å². The number of hydrogen-bond acceptors (Lipinski definition) is 4. The van der Waals surface area contributed by atoms with Gasteiger partial charge in [-0.3, -0.25) is 4.79 Å². The Morgan fingerprint density at radius 1 is 1.20 bits per heavy atom. The number of amides is 1. The van der Waals surface area contributed by atoms with Gasteiger partial charge in [0, 0.05) is 12.1 Å². The van der Waals surface area contributed by atoms with Gasteiger partial charge in [-0.15, -0.1) is 0 Å². The van der Waals surface area contributed by atoms with Crippen LogP contribution >= 0.6 is 0 Å². The molecule has 1 amide bonds. The number of aryl methyl sites for hydroxylation is 1. The molecule has 25 heavy (non-hydrogen) atoms. The van der Waals surface area contributed by atoms with E-state index in [1.165, 1.54) is 14.2 Å². The van der Waals surface area contributed by atoms with Crippen LogP contribution in [0, 0.1) is 12.7 Å². The van der Waals surface area contributed by atoms with E-state index in [1.54, 1.807) is 25.1 Å². The summed E-state index contributed by atoms with van der Waals surface area (Å²) in [6.07, 6.45) is 0.611. The third kappa shape index (κ3) is 3.30. The summed E-state index contributed by atoms with van der Waals surface area (Å²) in [5, 5.41) is 5.88. The van der Waals surface area contributed by atoms with E-state index < -0.39 is 0 Å². The van der Waals surface area contributed by atoms with E-state index in [4.69, 9.17) is 9.47 Å². The third-order valence-corrected chi connectivity index (χ3v) is 4.43. The molecule has 0 fully saturated rings. The molecule has 1 heterocycles. The normalized spacial score (nSPS) is 13.1. The molecule has 2 aromatic rings. The van der Waals surface area contributed by atoms with Crippen molar-refractivity contribution >= 4 is 11.6 Å². The average Bonchev–Trinajstić information content (AvgIpc) is 2.63. The molecule has 2 N–H and O–H groups in total. The zero-order chi connectivity index (χ0) is 18.0. The van der Waals surface area contributed by atoms with Crippen LogP contribution in [0.3, 0.4) is 0 Å². The van der Waals surface area contributed by atoms with Gasteiger partial charge >= 0.3 is 0 Å². The molecule has 0 aromatic heterocycles. The average molecular weight is 344 g/mol. The minimum absolute atomic E-state index is 0.194. The monoisotopic (exact) mass is 344 g/mol. The summed E-state index contributed by atoms with van der Waals surface area (Å²) in [7, 11) is 3.04. The number of halogens is 1. The summed E-state index contributed by atoms with van der Waals surface area (Å²) < 4.78 is 25.2. The Bertz CT molecular complexity index is 821. The van der Waals surface area contributed by atoms with Crippen LogP contribution in [0.5, 0.6) is 11.5 Å². The van der Waals surface area contributed by atoms with Gasteiger partial charge in [-0.25, -0.2) is 4.39 Å². The Morgan fingerprint density at radius 2 is 1.92 bits per heavy atom. The zero-order valence-corrected chi connectivity index (χ0v) is 14.5. The number of anilines is 1. The first kappa shape index (κ1) is 17.2. The van der Waals surface area contributed by atoms with E-state index in [1.807, 2.05) is 6.07 Å². The molecule has 6 heteroatoms. The standard InChI is InChI=1S/C19H21FN2O3/c1-11-8-16(24-2)17(25-3)9-14(11)19(23)22-15-5-4-12-10-21-7-6-13(12)18(15)20/h4-5,8-9,21H,6-7,10H2,1-3H3,(H,22,23). The van der Waals surface area contributed by atoms with Crippen molar-refractivity contribution in [3.8, 4) is 11.5 Å². The molecule has 5 nitrogen and oxygen atoms in total. The van der Waals surface area contributed by atoms with Crippen molar-refractivity contribution in [2.45, 2.75) is 19.9 Å². The van der Waals surface area contributed by atoms with Gasteiger partial charge in [-0.05, 0) is 54.8 Å². The molecule has 0 radical (unpaired) electrons. The smallest absolute Gasteiger partial charge is 0.256 e. The lowest BCUT2D eigenvalue weighted by Gasteiger charge is -2.19. The van der Waals surface area contributed by atoms with Crippen LogP contribution < -0.4 is 20.1 Å². The van der Waals surface area contributed by atoms with E-state index in [-0.39, 0.29) is 17.4 Å². The Morgan fingerprint density at radius 3 is 2.64 bits per heavy atom. The molecule has 0 saturated carbocycles. The van der Waals surface area contributed by atoms with Gasteiger partial charge in [0.1, 0.15) is 5.82 Å². The second-order valence-electron chi connectivity index (χ2n) is 5.97. The second kappa shape index (κ2) is 7.11. The number of methoxy groups -OCH3 is 2. The molecule has 1 aliphatic rings. The topological polar surface area (TPSA) is 59.6 Å². The summed E-state index contributed by atoms with van der Waals surface area (Å²) >= 11 is 0. The summed E-state index contributed by atoms with van der Waals surface area (Å²) in [5.74, 6) is 0.260. The SMILES string of the molecule is COc1cc(C)c(C(=O)Nc2ccc3c(c2F)CCNC3)cc1OC. The fraction of sp³-hybridized carbons (Fsp3) is 0.316. The Kier molecular flexibility index (Phi) is 4.90. The van der Waals surface area contributed by atoms with Gasteiger partial charge in [-0.2, -0.15) is 0 Å². The summed E-state index contributed by atoms with van der Waals surface area (Å²) in [6, 6.07) is 6.78. The van der Waals surface area contributed by atoms with Crippen LogP contribution in [-0.2, 0) is 13.0 Å². The fourth-order valence-corrected chi connectivity index (χ4v) is 3.05. The largest absolute Gasteiger partial charge is 0.493 e. The van der Waals surface area contributed by atoms with Gasteiger partial charge in [0.2, 0.25) is 0 Å². The third-order valence-electron chi connectivity index (χ3n) is 4.43. The van der Waals surface area contributed by atoms with Crippen molar-refractivity contribution in [1.82, 2.24) is 5.32 Å². The van der Waals surface area contributed by atoms with Crippen LogP contribution in [0.15, 0.2) is 24.3 Å². The van der Waals surface area contributed by atoms with Crippen LogP contribution in [0.4, 0.5) is 10.1 Å². The number of benzene rings is 2. The predicted octanol–water partition coefficient (Wildman–Crippen LogP) is 3.05. The molecule has 0 spiro atoms. The number of nitrogens with one attached hydrogen (secondary N) is 2. The minimum Gasteiger partial charge on any atom is -0.493 e. The van der Waals surface area contributed by atoms with Crippen LogP contribution in [-0.4, -0.2) is 26.7 Å². The van der Waals surface area contributed by atoms with Crippen molar-refractivity contribution < 1.29 is 18.7 Å². The molecule has 0 saturated heterocycles. The van der Waals surface area contributed by atoms with E-state index in [9.17, 15) is 9.18 Å². The number of rotatable bonds is 4. The molecule has 2 aromatic carbocycles. The molecular formula is C19H21FN2O3. The molecule has 0 atom stereocenters. The second-order valence-corrected chi connectivity index (χ2v) is 5.97. The lowest BCUT2D eigenvalue weighted by molar-refractivity contribution is 0.102. The predicted molar refractivity (Wildman–Crippen MR) is 94.0 cm³/mol. The highest BCUT2D eigenvalue weighted by Gasteiger charge is 2.20. The highest BCUT2D eigenvalue weighted by atomic mass is 19.1. The number of ether oxygens (including phenoxy) is 2. The molecule has 0 aliphatic carbocycles. The van der Waals surface area contributed by atoms with Gasteiger partial charge in [0.15, 0.2) is 11.5 Å². The maximum Gasteiger partial charge on any atom is 0.256 e. The Hall–Kier alpha value is -2.60. The first-order valence-electron chi connectivity index (χ1n) is 8.10. The number of hydrogen-bond donors (Lipinski definition) is 2. The van der Waals surface area contributed by atoms with Crippen molar-refractivity contribution in [3.63, 3.8) is 0 Å². The Balaban J connectivity index is 1.90. The molecule has 0 bridgehead atoms. The fourth-order valence-electron chi connectivity index (χ4n) is 3.05. The molecule has 3 rings (SSSR count). The first-order valence-corrected chi connectivity index (χ1v) is 8.10. The van der Waals surface area contributed by atoms with E-state index in [0.29, 0.717) is 35.6 Å². The van der Waals surface area contributed by atoms with Crippen molar-refractivity contribution in [2.24, 2.45) is 0 Å². The van der Waals surface area contributed by atoms with E-state index in [0.717, 1.165) is 17.7 Å². The first-order chi connectivity index (χ1) is 12.0. The van der Waals surface area contributed by atoms with Crippen LogP contribution in [0.2, 0.25) is 0 Å². The highest BCUT2D eigenvalue weighted by Crippen LogP contribution is 2.31. The van der Waals surface area contributed by atoms with Crippen molar-refractivity contribution in [1.29, 1.82) is 0 Å². The van der Waals surface area contributed by atoms with Gasteiger partial charge in [0.25, 0.3) is 5.91 Å². The Labute approximate surface area is 146 Å². The summed E-state index contributed by atoms with van der Waals surface area (Å²) in [4.78, 5) is 12.6. The lowest BCUT2D eigenvalue weighted by atomic mass is 9.99. The quantitative estimate of drug-likeness (QED) is 0.895. The lowest BCUT2D eigenvalue weighted by Crippen LogP contribution is -2.25. The summed E-state index contributed by atoms with van der Waals surface area (Å²) in [5.41, 5.74) is 2.93. The number of carbonyl (C=O) groups is 1. The van der Waals surface area contributed by atoms with Crippen LogP contribution in [0.1, 0.15) is 27.0 Å². The van der Waals surface area contributed by atoms with E-state index in [2.05, 4.69) is 10.6 Å².